The number of hydrogen-bond donors (Lipinski definition) is 0. The minimum absolute atomic E-state index is 0.852. The second-order valence-corrected chi connectivity index (χ2v) is 3.45. The van der Waals surface area contributed by atoms with E-state index in [1.165, 1.54) is 5.56 Å². The van der Waals surface area contributed by atoms with Crippen LogP contribution in [0.25, 0.3) is 0 Å². The molecule has 54 valence electrons. The zero-order chi connectivity index (χ0) is 7.14. The average molecular weight is 202 g/mol. The van der Waals surface area contributed by atoms with Gasteiger partial charge in [0.15, 0.2) is 4.67 Å². The summed E-state index contributed by atoms with van der Waals surface area (Å²) in [5.74, 6) is 1.11. The number of hydrogen-bond acceptors (Lipinski definition) is 2. The quantitative estimate of drug-likeness (QED) is 0.639. The lowest BCUT2D eigenvalue weighted by molar-refractivity contribution is 0.324. The van der Waals surface area contributed by atoms with Crippen LogP contribution < -0.4 is 0 Å². The smallest absolute Gasteiger partial charge is 0.169 e. The molecular formula is C7H8BrNO. The van der Waals surface area contributed by atoms with Crippen molar-refractivity contribution >= 4 is 15.9 Å². The SMILES string of the molecule is CN1Cc2cc(Br)oc2C1. The molecule has 1 aromatic rings. The molecule has 0 spiro atoms. The molecule has 0 amide bonds. The van der Waals surface area contributed by atoms with Gasteiger partial charge in [-0.15, -0.1) is 0 Å². The minimum Gasteiger partial charge on any atom is -0.453 e. The summed E-state index contributed by atoms with van der Waals surface area (Å²) in [4.78, 5) is 2.22. The Labute approximate surface area is 67.9 Å². The monoisotopic (exact) mass is 201 g/mol. The van der Waals surface area contributed by atoms with Crippen LogP contribution in [0.5, 0.6) is 0 Å². The third kappa shape index (κ3) is 0.896. The molecule has 0 saturated carbocycles. The first-order chi connectivity index (χ1) is 4.75. The summed E-state index contributed by atoms with van der Waals surface area (Å²) >= 11 is 3.29. The molecule has 0 aromatic carbocycles. The normalized spacial score (nSPS) is 17.8. The summed E-state index contributed by atoms with van der Waals surface area (Å²) in [5, 5.41) is 0. The van der Waals surface area contributed by atoms with Crippen molar-refractivity contribution in [3.63, 3.8) is 0 Å². The average Bonchev–Trinajstić information content (AvgIpc) is 2.21. The van der Waals surface area contributed by atoms with Crippen molar-refractivity contribution < 1.29 is 4.42 Å². The Morgan fingerprint density at radius 1 is 1.60 bits per heavy atom. The van der Waals surface area contributed by atoms with Crippen LogP contribution in [-0.2, 0) is 13.1 Å². The van der Waals surface area contributed by atoms with E-state index in [2.05, 4.69) is 27.9 Å². The van der Waals surface area contributed by atoms with Crippen molar-refractivity contribution in [2.75, 3.05) is 7.05 Å². The lowest BCUT2D eigenvalue weighted by Crippen LogP contribution is -2.07. The molecule has 0 unspecified atom stereocenters. The van der Waals surface area contributed by atoms with Gasteiger partial charge in [0, 0.05) is 12.1 Å². The van der Waals surface area contributed by atoms with Crippen molar-refractivity contribution in [2.24, 2.45) is 0 Å². The van der Waals surface area contributed by atoms with Crippen molar-refractivity contribution in [1.29, 1.82) is 0 Å². The number of rotatable bonds is 0. The maximum atomic E-state index is 5.37. The predicted octanol–water partition coefficient (Wildman–Crippen LogP) is 1.99. The highest BCUT2D eigenvalue weighted by atomic mass is 79.9. The third-order valence-electron chi connectivity index (χ3n) is 1.72. The van der Waals surface area contributed by atoms with E-state index in [-0.39, 0.29) is 0 Å². The molecule has 2 nitrogen and oxygen atoms in total. The molecule has 0 N–H and O–H groups in total. The van der Waals surface area contributed by atoms with Crippen LogP contribution in [-0.4, -0.2) is 11.9 Å². The number of nitrogens with zero attached hydrogens (tertiary/aromatic N) is 1. The lowest BCUT2D eigenvalue weighted by Gasteiger charge is -2.02. The van der Waals surface area contributed by atoms with E-state index in [1.807, 2.05) is 6.07 Å². The van der Waals surface area contributed by atoms with Gasteiger partial charge >= 0.3 is 0 Å². The van der Waals surface area contributed by atoms with Crippen molar-refractivity contribution in [3.8, 4) is 0 Å². The van der Waals surface area contributed by atoms with E-state index in [0.29, 0.717) is 0 Å². The minimum atomic E-state index is 0.852. The van der Waals surface area contributed by atoms with Gasteiger partial charge in [0.1, 0.15) is 5.76 Å². The number of fused-ring (bicyclic) bond motifs is 1. The Morgan fingerprint density at radius 2 is 2.40 bits per heavy atom. The maximum Gasteiger partial charge on any atom is 0.169 e. The molecule has 1 aromatic heterocycles. The van der Waals surface area contributed by atoms with Crippen LogP contribution in [0, 0.1) is 0 Å². The third-order valence-corrected chi connectivity index (χ3v) is 2.11. The second kappa shape index (κ2) is 2.10. The first-order valence-corrected chi connectivity index (χ1v) is 4.00. The fourth-order valence-corrected chi connectivity index (χ4v) is 1.76. The molecule has 0 aliphatic carbocycles. The zero-order valence-corrected chi connectivity index (χ0v) is 7.31. The molecule has 2 rings (SSSR count). The summed E-state index contributed by atoms with van der Waals surface area (Å²) in [6, 6.07) is 2.04. The summed E-state index contributed by atoms with van der Waals surface area (Å²) in [7, 11) is 2.09. The molecule has 1 aliphatic rings. The van der Waals surface area contributed by atoms with Crippen LogP contribution in [0.4, 0.5) is 0 Å². The Hall–Kier alpha value is -0.280. The fourth-order valence-electron chi connectivity index (χ4n) is 1.29. The highest BCUT2D eigenvalue weighted by Crippen LogP contribution is 2.27. The summed E-state index contributed by atoms with van der Waals surface area (Å²) in [6.07, 6.45) is 0. The van der Waals surface area contributed by atoms with Gasteiger partial charge in [0.25, 0.3) is 0 Å². The van der Waals surface area contributed by atoms with Crippen molar-refractivity contribution in [1.82, 2.24) is 4.90 Å². The second-order valence-electron chi connectivity index (χ2n) is 2.67. The van der Waals surface area contributed by atoms with E-state index in [0.717, 1.165) is 23.5 Å². The topological polar surface area (TPSA) is 16.4 Å². The lowest BCUT2D eigenvalue weighted by atomic mass is 10.3. The van der Waals surface area contributed by atoms with E-state index >= 15 is 0 Å². The van der Waals surface area contributed by atoms with Gasteiger partial charge in [0.05, 0.1) is 6.54 Å². The van der Waals surface area contributed by atoms with Gasteiger partial charge in [-0.25, -0.2) is 0 Å². The molecule has 0 atom stereocenters. The van der Waals surface area contributed by atoms with E-state index in [1.54, 1.807) is 0 Å². The van der Waals surface area contributed by atoms with Crippen LogP contribution >= 0.6 is 15.9 Å². The number of furan rings is 1. The van der Waals surface area contributed by atoms with Gasteiger partial charge in [-0.1, -0.05) is 0 Å². The van der Waals surface area contributed by atoms with Gasteiger partial charge in [-0.05, 0) is 29.0 Å². The van der Waals surface area contributed by atoms with Crippen LogP contribution in [0.3, 0.4) is 0 Å². The highest BCUT2D eigenvalue weighted by Gasteiger charge is 2.19. The Bertz CT molecular complexity index is 233. The fraction of sp³-hybridized carbons (Fsp3) is 0.429. The van der Waals surface area contributed by atoms with E-state index in [9.17, 15) is 0 Å². The molecular weight excluding hydrogens is 194 g/mol. The highest BCUT2D eigenvalue weighted by molar-refractivity contribution is 9.10. The molecule has 0 saturated heterocycles. The number of halogens is 1. The van der Waals surface area contributed by atoms with E-state index in [4.69, 9.17) is 4.42 Å². The molecule has 0 bridgehead atoms. The van der Waals surface area contributed by atoms with Crippen molar-refractivity contribution in [2.45, 2.75) is 13.1 Å². The first-order valence-electron chi connectivity index (χ1n) is 3.21. The van der Waals surface area contributed by atoms with Gasteiger partial charge in [0.2, 0.25) is 0 Å². The standard InChI is InChI=1S/C7H8BrNO/c1-9-3-5-2-7(8)10-6(5)4-9/h2H,3-4H2,1H3. The predicted molar refractivity (Wildman–Crippen MR) is 41.6 cm³/mol. The summed E-state index contributed by atoms with van der Waals surface area (Å²) < 4.78 is 6.22. The van der Waals surface area contributed by atoms with Gasteiger partial charge in [-0.2, -0.15) is 0 Å². The molecule has 10 heavy (non-hydrogen) atoms. The Kier molecular flexibility index (Phi) is 1.35. The van der Waals surface area contributed by atoms with Crippen LogP contribution in [0.1, 0.15) is 11.3 Å². The van der Waals surface area contributed by atoms with E-state index < -0.39 is 0 Å². The largest absolute Gasteiger partial charge is 0.453 e. The molecule has 1 aliphatic heterocycles. The molecule has 2 heterocycles. The van der Waals surface area contributed by atoms with Crippen LogP contribution in [0.2, 0.25) is 0 Å². The zero-order valence-electron chi connectivity index (χ0n) is 5.72. The Morgan fingerprint density at radius 3 is 3.10 bits per heavy atom. The molecule has 0 fully saturated rings. The molecule has 0 radical (unpaired) electrons. The summed E-state index contributed by atoms with van der Waals surface area (Å²) in [5.41, 5.74) is 1.31. The summed E-state index contributed by atoms with van der Waals surface area (Å²) in [6.45, 7) is 1.96. The van der Waals surface area contributed by atoms with Gasteiger partial charge in [-0.3, -0.25) is 4.90 Å². The van der Waals surface area contributed by atoms with Crippen LogP contribution in [0.15, 0.2) is 15.2 Å². The Balaban J connectivity index is 2.39. The maximum absolute atomic E-state index is 5.37. The van der Waals surface area contributed by atoms with Gasteiger partial charge < -0.3 is 4.42 Å². The van der Waals surface area contributed by atoms with Crippen molar-refractivity contribution in [3.05, 3.63) is 22.1 Å². The first kappa shape index (κ1) is 6.43. The molecule has 3 heteroatoms.